The molecule has 1 nitrogen and oxygen atoms in total. The van der Waals surface area contributed by atoms with Gasteiger partial charge >= 0.3 is 58.4 Å². The molecule has 1 aromatic rings. The van der Waals surface area contributed by atoms with Crippen LogP contribution < -0.4 is 56.1 Å². The largest absolute Gasteiger partial charge is 1.00 e. The van der Waals surface area contributed by atoms with Crippen molar-refractivity contribution in [1.82, 2.24) is 0 Å². The summed E-state index contributed by atoms with van der Waals surface area (Å²) >= 11 is 0. The number of rotatable bonds is 4. The zero-order chi connectivity index (χ0) is 12.3. The van der Waals surface area contributed by atoms with Crippen LogP contribution in [0.4, 0.5) is 17.3 Å². The maximum absolute atomic E-state index is 12.8. The summed E-state index contributed by atoms with van der Waals surface area (Å²) in [6.07, 6.45) is 0. The smallest absolute Gasteiger partial charge is 0.492 e. The fraction of sp³-hybridized carbons (Fsp3) is 0.200. The van der Waals surface area contributed by atoms with Crippen LogP contribution >= 0.6 is 0 Å². The van der Waals surface area contributed by atoms with Crippen LogP contribution in [-0.4, -0.2) is 13.6 Å². The number of hydrogen-bond donors (Lipinski definition) is 0. The molecule has 0 saturated carbocycles. The van der Waals surface area contributed by atoms with E-state index in [1.54, 1.807) is 6.92 Å². The maximum Gasteiger partial charge on any atom is 1.00 e. The van der Waals surface area contributed by atoms with Crippen molar-refractivity contribution >= 4 is 6.98 Å². The molecule has 0 aliphatic heterocycles. The third-order valence-corrected chi connectivity index (χ3v) is 2.03. The third kappa shape index (κ3) is 5.57. The number of benzene rings is 1. The molecule has 0 bridgehead atoms. The molecule has 0 heterocycles. The van der Waals surface area contributed by atoms with Crippen LogP contribution in [0, 0.1) is 12.7 Å². The van der Waals surface area contributed by atoms with Crippen LogP contribution in [0.3, 0.4) is 0 Å². The molecule has 7 heteroatoms. The first-order valence-corrected chi connectivity index (χ1v) is 4.57. The molecule has 0 unspecified atom stereocenters. The molecular weight excluding hydrogens is 262 g/mol. The fourth-order valence-corrected chi connectivity index (χ4v) is 0.994. The second-order valence-electron chi connectivity index (χ2n) is 3.43. The second-order valence-corrected chi connectivity index (χ2v) is 3.43. The fourth-order valence-electron chi connectivity index (χ4n) is 0.994. The van der Waals surface area contributed by atoms with Crippen LogP contribution in [0.1, 0.15) is 5.56 Å². The third-order valence-electron chi connectivity index (χ3n) is 2.03. The van der Waals surface area contributed by atoms with Crippen molar-refractivity contribution in [2.75, 3.05) is 6.61 Å². The summed E-state index contributed by atoms with van der Waals surface area (Å²) in [7, 11) is 0. The molecule has 17 heavy (non-hydrogen) atoms. The molecule has 0 aromatic heterocycles. The van der Waals surface area contributed by atoms with E-state index in [9.17, 15) is 17.3 Å². The topological polar surface area (TPSA) is 9.23 Å². The standard InChI is InChI=1S/C10H10BF4O.K/c1-7-3-4-9(12)5-10(7)16-6-8(2)11(13,14)15;/h3-5H,2,6H2,1H3;/q-1;+1. The summed E-state index contributed by atoms with van der Waals surface area (Å²) in [5.74, 6) is -0.454. The molecule has 0 aliphatic rings. The Morgan fingerprint density at radius 3 is 2.47 bits per heavy atom. The molecule has 0 spiro atoms. The van der Waals surface area contributed by atoms with Gasteiger partial charge in [0.25, 0.3) is 0 Å². The van der Waals surface area contributed by atoms with Gasteiger partial charge in [-0.3, -0.25) is 0 Å². The second kappa shape index (κ2) is 6.94. The van der Waals surface area contributed by atoms with Crippen LogP contribution in [-0.2, 0) is 0 Å². The Morgan fingerprint density at radius 1 is 1.35 bits per heavy atom. The van der Waals surface area contributed by atoms with E-state index in [1.165, 1.54) is 12.1 Å². The van der Waals surface area contributed by atoms with Crippen molar-refractivity contribution in [2.45, 2.75) is 6.92 Å². The Bertz CT molecular complexity index is 406. The monoisotopic (exact) mass is 272 g/mol. The van der Waals surface area contributed by atoms with Gasteiger partial charge in [-0.2, -0.15) is 0 Å². The minimum atomic E-state index is -5.10. The molecule has 0 N–H and O–H groups in total. The average Bonchev–Trinajstić information content (AvgIpc) is 2.17. The Balaban J connectivity index is 0.00000256. The summed E-state index contributed by atoms with van der Waals surface area (Å²) < 4.78 is 54.1. The van der Waals surface area contributed by atoms with Gasteiger partial charge in [0.15, 0.2) is 0 Å². The molecule has 1 rings (SSSR count). The number of ether oxygens (including phenoxy) is 1. The zero-order valence-electron chi connectivity index (χ0n) is 9.64. The Morgan fingerprint density at radius 2 is 1.94 bits per heavy atom. The number of aryl methyl sites for hydroxylation is 1. The average molecular weight is 272 g/mol. The van der Waals surface area contributed by atoms with E-state index in [0.29, 0.717) is 5.56 Å². The van der Waals surface area contributed by atoms with Crippen molar-refractivity contribution < 1.29 is 73.5 Å². The van der Waals surface area contributed by atoms with Crippen LogP contribution in [0.25, 0.3) is 0 Å². The van der Waals surface area contributed by atoms with Crippen molar-refractivity contribution in [3.63, 3.8) is 0 Å². The van der Waals surface area contributed by atoms with Crippen molar-refractivity contribution in [3.8, 4) is 5.75 Å². The van der Waals surface area contributed by atoms with E-state index >= 15 is 0 Å². The first-order valence-electron chi connectivity index (χ1n) is 4.57. The van der Waals surface area contributed by atoms with E-state index in [2.05, 4.69) is 6.58 Å². The summed E-state index contributed by atoms with van der Waals surface area (Å²) in [5.41, 5.74) is -0.368. The van der Waals surface area contributed by atoms with Crippen LogP contribution in [0.5, 0.6) is 5.75 Å². The Kier molecular flexibility index (Phi) is 7.01. The van der Waals surface area contributed by atoms with Crippen LogP contribution in [0.15, 0.2) is 30.3 Å². The minimum Gasteiger partial charge on any atom is -0.492 e. The maximum atomic E-state index is 12.8. The summed E-state index contributed by atoms with van der Waals surface area (Å²) in [4.78, 5) is 0. The van der Waals surface area contributed by atoms with Gasteiger partial charge in [0, 0.05) is 6.07 Å². The molecule has 0 atom stereocenters. The first kappa shape index (κ1) is 17.2. The Hall–Kier alpha value is 0.181. The quantitative estimate of drug-likeness (QED) is 0.571. The molecule has 0 saturated heterocycles. The van der Waals surface area contributed by atoms with Gasteiger partial charge in [-0.1, -0.05) is 6.07 Å². The predicted octanol–water partition coefficient (Wildman–Crippen LogP) is 0.460. The van der Waals surface area contributed by atoms with Crippen molar-refractivity contribution in [3.05, 3.63) is 41.6 Å². The molecular formula is C10H10BF4KO. The van der Waals surface area contributed by atoms with E-state index in [-0.39, 0.29) is 57.1 Å². The van der Waals surface area contributed by atoms with Crippen LogP contribution in [0.2, 0.25) is 0 Å². The molecule has 0 fully saturated rings. The first-order chi connectivity index (χ1) is 7.30. The zero-order valence-corrected chi connectivity index (χ0v) is 12.8. The van der Waals surface area contributed by atoms with Gasteiger partial charge in [0.05, 0.1) is 6.61 Å². The van der Waals surface area contributed by atoms with E-state index in [0.717, 1.165) is 6.07 Å². The summed E-state index contributed by atoms with van der Waals surface area (Å²) in [6.45, 7) is -1.28. The van der Waals surface area contributed by atoms with Gasteiger partial charge < -0.3 is 17.7 Å². The normalized spacial score (nSPS) is 10.6. The van der Waals surface area contributed by atoms with Gasteiger partial charge in [0.1, 0.15) is 11.6 Å². The molecule has 1 aromatic carbocycles. The van der Waals surface area contributed by atoms with Gasteiger partial charge in [-0.05, 0) is 18.6 Å². The summed E-state index contributed by atoms with van der Waals surface area (Å²) in [6, 6.07) is 3.70. The van der Waals surface area contributed by atoms with Crippen molar-refractivity contribution in [2.24, 2.45) is 0 Å². The van der Waals surface area contributed by atoms with Gasteiger partial charge in [-0.15, -0.1) is 12.1 Å². The SMILES string of the molecule is C=C(COc1cc(F)ccc1C)[B-](F)(F)F.[K+]. The van der Waals surface area contributed by atoms with E-state index in [1.807, 2.05) is 0 Å². The van der Waals surface area contributed by atoms with E-state index in [4.69, 9.17) is 4.74 Å². The molecule has 88 valence electrons. The molecule has 0 aliphatic carbocycles. The van der Waals surface area contributed by atoms with E-state index < -0.39 is 24.9 Å². The summed E-state index contributed by atoms with van der Waals surface area (Å²) in [5, 5.41) is 0. The Labute approximate surface area is 140 Å². The van der Waals surface area contributed by atoms with Gasteiger partial charge in [0.2, 0.25) is 0 Å². The molecule has 0 radical (unpaired) electrons. The number of halogens is 4. The molecule has 0 amide bonds. The number of hydrogen-bond acceptors (Lipinski definition) is 1. The minimum absolute atomic E-state index is 0. The van der Waals surface area contributed by atoms with Crippen molar-refractivity contribution in [1.29, 1.82) is 0 Å². The van der Waals surface area contributed by atoms with Gasteiger partial charge in [-0.25, -0.2) is 4.39 Å². The predicted molar refractivity (Wildman–Crippen MR) is 54.9 cm³/mol.